The van der Waals surface area contributed by atoms with E-state index in [0.717, 1.165) is 0 Å². The number of rotatable bonds is 6. The Morgan fingerprint density at radius 1 is 1.36 bits per heavy atom. The second-order valence-electron chi connectivity index (χ2n) is 4.38. The molecule has 0 saturated carbocycles. The molecule has 8 heteroatoms. The number of methoxy groups -OCH3 is 1. The molecule has 1 aromatic rings. The lowest BCUT2D eigenvalue weighted by atomic mass is 10.2. The van der Waals surface area contributed by atoms with Gasteiger partial charge >= 0.3 is 0 Å². The summed E-state index contributed by atoms with van der Waals surface area (Å²) in [6.07, 6.45) is 0. The number of nitriles is 1. The molecule has 1 atom stereocenters. The molecule has 0 aliphatic rings. The number of carbonyl (C=O) groups is 2. The second kappa shape index (κ2) is 8.59. The molecule has 1 unspecified atom stereocenters. The summed E-state index contributed by atoms with van der Waals surface area (Å²) >= 11 is 11.9. The van der Waals surface area contributed by atoms with Gasteiger partial charge in [-0.1, -0.05) is 23.2 Å². The predicted molar refractivity (Wildman–Crippen MR) is 83.9 cm³/mol. The zero-order chi connectivity index (χ0) is 16.7. The zero-order valence-corrected chi connectivity index (χ0v) is 13.6. The van der Waals surface area contributed by atoms with Gasteiger partial charge in [0.15, 0.2) is 0 Å². The Balaban J connectivity index is 3.15. The van der Waals surface area contributed by atoms with Gasteiger partial charge in [0.25, 0.3) is 5.91 Å². The van der Waals surface area contributed by atoms with Crippen LogP contribution in [0.5, 0.6) is 0 Å². The third-order valence-electron chi connectivity index (χ3n) is 2.77. The molecule has 0 heterocycles. The van der Waals surface area contributed by atoms with Crippen LogP contribution in [-0.2, 0) is 14.3 Å². The Kier molecular flexibility index (Phi) is 7.12. The third kappa shape index (κ3) is 4.88. The Labute approximate surface area is 138 Å². The first-order valence-electron chi connectivity index (χ1n) is 6.32. The summed E-state index contributed by atoms with van der Waals surface area (Å²) in [6.45, 7) is 1.18. The maximum atomic E-state index is 12.3. The maximum Gasteiger partial charge on any atom is 0.253 e. The van der Waals surface area contributed by atoms with E-state index >= 15 is 0 Å². The summed E-state index contributed by atoms with van der Waals surface area (Å²) in [7, 11) is 1.38. The van der Waals surface area contributed by atoms with Gasteiger partial charge in [-0.2, -0.15) is 5.26 Å². The van der Waals surface area contributed by atoms with Crippen LogP contribution in [0.1, 0.15) is 6.92 Å². The van der Waals surface area contributed by atoms with E-state index in [1.807, 2.05) is 0 Å². The van der Waals surface area contributed by atoms with Crippen LogP contribution in [0.4, 0.5) is 5.69 Å². The largest absolute Gasteiger partial charge is 0.375 e. The summed E-state index contributed by atoms with van der Waals surface area (Å²) in [5, 5.41) is 11.6. The van der Waals surface area contributed by atoms with Gasteiger partial charge in [-0.05, 0) is 25.1 Å². The molecule has 0 bridgehead atoms. The first-order valence-corrected chi connectivity index (χ1v) is 7.08. The highest BCUT2D eigenvalue weighted by Crippen LogP contribution is 2.27. The van der Waals surface area contributed by atoms with Gasteiger partial charge in [0.1, 0.15) is 19.2 Å². The first-order chi connectivity index (χ1) is 10.4. The van der Waals surface area contributed by atoms with Crippen molar-refractivity contribution >= 4 is 40.7 Å². The van der Waals surface area contributed by atoms with Crippen molar-refractivity contribution in [2.45, 2.75) is 13.0 Å². The highest BCUT2D eigenvalue weighted by molar-refractivity contribution is 6.35. The molecule has 0 spiro atoms. The summed E-state index contributed by atoms with van der Waals surface area (Å²) in [6, 6.07) is 5.51. The molecule has 1 aromatic carbocycles. The average Bonchev–Trinajstić information content (AvgIpc) is 2.44. The van der Waals surface area contributed by atoms with E-state index in [9.17, 15) is 9.59 Å². The van der Waals surface area contributed by atoms with E-state index in [2.05, 4.69) is 5.32 Å². The number of benzene rings is 1. The lowest BCUT2D eigenvalue weighted by molar-refractivity contribution is -0.127. The van der Waals surface area contributed by atoms with E-state index in [0.29, 0.717) is 15.7 Å². The molecule has 0 fully saturated rings. The van der Waals surface area contributed by atoms with Crippen molar-refractivity contribution in [1.29, 1.82) is 5.26 Å². The van der Waals surface area contributed by atoms with Gasteiger partial charge in [-0.3, -0.25) is 14.5 Å². The van der Waals surface area contributed by atoms with Crippen molar-refractivity contribution in [1.82, 2.24) is 5.32 Å². The molecule has 22 heavy (non-hydrogen) atoms. The molecule has 2 amide bonds. The fraction of sp³-hybridized carbons (Fsp3) is 0.357. The van der Waals surface area contributed by atoms with Gasteiger partial charge in [0.2, 0.25) is 5.91 Å². The lowest BCUT2D eigenvalue weighted by Crippen LogP contribution is -2.49. The molecule has 1 N–H and O–H groups in total. The molecule has 0 aliphatic heterocycles. The van der Waals surface area contributed by atoms with Crippen LogP contribution >= 0.6 is 23.2 Å². The van der Waals surface area contributed by atoms with Crippen molar-refractivity contribution in [2.75, 3.05) is 25.2 Å². The summed E-state index contributed by atoms with van der Waals surface area (Å²) < 4.78 is 4.84. The van der Waals surface area contributed by atoms with Crippen LogP contribution in [0, 0.1) is 11.3 Å². The normalized spacial score (nSPS) is 11.4. The minimum Gasteiger partial charge on any atom is -0.375 e. The Hall–Kier alpha value is -1.81. The Morgan fingerprint density at radius 3 is 2.45 bits per heavy atom. The predicted octanol–water partition coefficient (Wildman–Crippen LogP) is 2.00. The zero-order valence-electron chi connectivity index (χ0n) is 12.1. The van der Waals surface area contributed by atoms with Crippen LogP contribution in [-0.4, -0.2) is 38.1 Å². The van der Waals surface area contributed by atoms with Crippen molar-refractivity contribution in [3.8, 4) is 6.07 Å². The fourth-order valence-electron chi connectivity index (χ4n) is 1.85. The van der Waals surface area contributed by atoms with E-state index in [-0.39, 0.29) is 13.2 Å². The number of nitrogens with zero attached hydrogens (tertiary/aromatic N) is 2. The van der Waals surface area contributed by atoms with Gasteiger partial charge in [-0.25, -0.2) is 0 Å². The lowest BCUT2D eigenvalue weighted by Gasteiger charge is -2.28. The molecule has 0 aromatic heterocycles. The molecule has 0 radical (unpaired) electrons. The van der Waals surface area contributed by atoms with E-state index < -0.39 is 17.9 Å². The SMILES string of the molecule is COCC(=O)N(c1cc(Cl)cc(Cl)c1)C(C)C(=O)NCC#N. The monoisotopic (exact) mass is 343 g/mol. The van der Waals surface area contributed by atoms with Crippen molar-refractivity contribution < 1.29 is 14.3 Å². The van der Waals surface area contributed by atoms with Crippen molar-refractivity contribution in [3.63, 3.8) is 0 Å². The molecule has 0 saturated heterocycles. The highest BCUT2D eigenvalue weighted by atomic mass is 35.5. The number of carbonyl (C=O) groups excluding carboxylic acids is 2. The minimum absolute atomic E-state index is 0.147. The minimum atomic E-state index is -0.856. The third-order valence-corrected chi connectivity index (χ3v) is 3.21. The molecular formula is C14H15Cl2N3O3. The summed E-state index contributed by atoms with van der Waals surface area (Å²) in [4.78, 5) is 25.5. The number of anilines is 1. The van der Waals surface area contributed by atoms with Crippen LogP contribution in [0.15, 0.2) is 18.2 Å². The van der Waals surface area contributed by atoms with Gasteiger partial charge in [-0.15, -0.1) is 0 Å². The quantitative estimate of drug-likeness (QED) is 0.800. The number of amides is 2. The molecule has 1 rings (SSSR count). The Bertz CT molecular complexity index is 581. The average molecular weight is 344 g/mol. The molecular weight excluding hydrogens is 329 g/mol. The van der Waals surface area contributed by atoms with E-state index in [4.69, 9.17) is 33.2 Å². The second-order valence-corrected chi connectivity index (χ2v) is 5.25. The first kappa shape index (κ1) is 18.2. The van der Waals surface area contributed by atoms with Crippen LogP contribution in [0.3, 0.4) is 0 Å². The highest BCUT2D eigenvalue weighted by Gasteiger charge is 2.27. The number of nitrogens with one attached hydrogen (secondary N) is 1. The van der Waals surface area contributed by atoms with Crippen molar-refractivity contribution in [3.05, 3.63) is 28.2 Å². The Morgan fingerprint density at radius 2 is 1.95 bits per heavy atom. The van der Waals surface area contributed by atoms with Crippen molar-refractivity contribution in [2.24, 2.45) is 0 Å². The van der Waals surface area contributed by atoms with Crippen LogP contribution in [0.25, 0.3) is 0 Å². The van der Waals surface area contributed by atoms with Gasteiger partial charge in [0.05, 0.1) is 6.07 Å². The fourth-order valence-corrected chi connectivity index (χ4v) is 2.36. The standard InChI is InChI=1S/C14H15Cl2N3O3/c1-9(14(21)18-4-3-17)19(13(20)8-22-2)12-6-10(15)5-11(16)7-12/h5-7,9H,4,8H2,1-2H3,(H,18,21). The summed E-state index contributed by atoms with van der Waals surface area (Å²) in [5.74, 6) is -0.900. The number of hydrogen-bond donors (Lipinski definition) is 1. The number of hydrogen-bond acceptors (Lipinski definition) is 4. The van der Waals surface area contributed by atoms with E-state index in [1.165, 1.54) is 37.1 Å². The van der Waals surface area contributed by atoms with E-state index in [1.54, 1.807) is 6.07 Å². The topological polar surface area (TPSA) is 82.4 Å². The molecule has 0 aliphatic carbocycles. The maximum absolute atomic E-state index is 12.3. The molecule has 6 nitrogen and oxygen atoms in total. The van der Waals surface area contributed by atoms with Crippen LogP contribution < -0.4 is 10.2 Å². The number of ether oxygens (including phenoxy) is 1. The molecule has 118 valence electrons. The van der Waals surface area contributed by atoms with Gasteiger partial charge in [0, 0.05) is 22.8 Å². The van der Waals surface area contributed by atoms with Gasteiger partial charge < -0.3 is 10.1 Å². The smallest absolute Gasteiger partial charge is 0.253 e. The summed E-state index contributed by atoms with van der Waals surface area (Å²) in [5.41, 5.74) is 0.374. The number of halogens is 2. The van der Waals surface area contributed by atoms with Crippen LogP contribution in [0.2, 0.25) is 10.0 Å².